The molecule has 2 rings (SSSR count). The Bertz CT molecular complexity index is 604. The fourth-order valence-corrected chi connectivity index (χ4v) is 2.17. The van der Waals surface area contributed by atoms with Crippen molar-refractivity contribution in [1.29, 1.82) is 0 Å². The van der Waals surface area contributed by atoms with Crippen molar-refractivity contribution >= 4 is 0 Å². The maximum atomic E-state index is 14.0. The maximum absolute atomic E-state index is 14.0. The topological polar surface area (TPSA) is 53.1 Å². The molecular formula is C14H17F2N3O. The molecule has 6 heteroatoms. The van der Waals surface area contributed by atoms with E-state index in [1.54, 1.807) is 11.6 Å². The summed E-state index contributed by atoms with van der Waals surface area (Å²) in [6, 6.07) is 1.50. The Morgan fingerprint density at radius 3 is 2.65 bits per heavy atom. The minimum Gasteiger partial charge on any atom is -0.493 e. The molecule has 0 aliphatic carbocycles. The van der Waals surface area contributed by atoms with E-state index < -0.39 is 17.7 Å². The van der Waals surface area contributed by atoms with Crippen molar-refractivity contribution in [2.75, 3.05) is 7.11 Å². The van der Waals surface area contributed by atoms with Crippen LogP contribution in [0.1, 0.15) is 29.8 Å². The first-order chi connectivity index (χ1) is 9.49. The van der Waals surface area contributed by atoms with E-state index >= 15 is 0 Å². The zero-order valence-electron chi connectivity index (χ0n) is 11.7. The standard InChI is InChI=1S/C14H17F2N3O/c1-4-19-14(12(20-3)7-18-19)13(17)9-5-8(2)10(15)6-11(9)16/h5-7,13H,4,17H2,1-3H3. The SMILES string of the molecule is CCn1ncc(OC)c1C(N)c1cc(C)c(F)cc1F. The van der Waals surface area contributed by atoms with Gasteiger partial charge in [-0.15, -0.1) is 0 Å². The van der Waals surface area contributed by atoms with Crippen LogP contribution in [0, 0.1) is 18.6 Å². The van der Waals surface area contributed by atoms with Gasteiger partial charge in [0.25, 0.3) is 0 Å². The van der Waals surface area contributed by atoms with Crippen LogP contribution in [-0.2, 0) is 6.54 Å². The average molecular weight is 281 g/mol. The van der Waals surface area contributed by atoms with Gasteiger partial charge in [-0.1, -0.05) is 0 Å². The lowest BCUT2D eigenvalue weighted by atomic mass is 10.0. The number of benzene rings is 1. The lowest BCUT2D eigenvalue weighted by Crippen LogP contribution is -2.19. The lowest BCUT2D eigenvalue weighted by molar-refractivity contribution is 0.404. The van der Waals surface area contributed by atoms with Crippen molar-refractivity contribution < 1.29 is 13.5 Å². The number of methoxy groups -OCH3 is 1. The number of hydrogen-bond acceptors (Lipinski definition) is 3. The minimum absolute atomic E-state index is 0.220. The molecule has 0 saturated carbocycles. The summed E-state index contributed by atoms with van der Waals surface area (Å²) < 4.78 is 34.1. The van der Waals surface area contributed by atoms with Crippen LogP contribution in [-0.4, -0.2) is 16.9 Å². The second-order valence-electron chi connectivity index (χ2n) is 4.51. The summed E-state index contributed by atoms with van der Waals surface area (Å²) in [5.74, 6) is -0.776. The molecule has 1 heterocycles. The number of rotatable bonds is 4. The third-order valence-corrected chi connectivity index (χ3v) is 3.27. The van der Waals surface area contributed by atoms with Gasteiger partial charge in [0.05, 0.1) is 19.3 Å². The average Bonchev–Trinajstić information content (AvgIpc) is 2.85. The van der Waals surface area contributed by atoms with Gasteiger partial charge in [-0.2, -0.15) is 5.10 Å². The molecule has 1 unspecified atom stereocenters. The second kappa shape index (κ2) is 5.58. The number of aryl methyl sites for hydroxylation is 2. The fourth-order valence-electron chi connectivity index (χ4n) is 2.17. The van der Waals surface area contributed by atoms with Crippen molar-refractivity contribution in [3.05, 3.63) is 46.8 Å². The highest BCUT2D eigenvalue weighted by Crippen LogP contribution is 2.30. The van der Waals surface area contributed by atoms with Gasteiger partial charge < -0.3 is 10.5 Å². The molecule has 0 aliphatic rings. The van der Waals surface area contributed by atoms with Crippen LogP contribution < -0.4 is 10.5 Å². The molecule has 1 aromatic carbocycles. The molecule has 0 spiro atoms. The first kappa shape index (κ1) is 14.5. The largest absolute Gasteiger partial charge is 0.493 e. The van der Waals surface area contributed by atoms with Gasteiger partial charge in [0.15, 0.2) is 5.75 Å². The highest BCUT2D eigenvalue weighted by Gasteiger charge is 2.23. The van der Waals surface area contributed by atoms with Gasteiger partial charge in [-0.25, -0.2) is 8.78 Å². The van der Waals surface area contributed by atoms with E-state index in [0.717, 1.165) is 6.07 Å². The van der Waals surface area contributed by atoms with Gasteiger partial charge in [0, 0.05) is 18.2 Å². The predicted octanol–water partition coefficient (Wildman–Crippen LogP) is 2.55. The van der Waals surface area contributed by atoms with Crippen molar-refractivity contribution in [3.63, 3.8) is 0 Å². The number of halogens is 2. The predicted molar refractivity (Wildman–Crippen MR) is 71.6 cm³/mol. The van der Waals surface area contributed by atoms with Crippen LogP contribution in [0.15, 0.2) is 18.3 Å². The Kier molecular flexibility index (Phi) is 4.04. The number of nitrogens with two attached hydrogens (primary N) is 1. The molecule has 4 nitrogen and oxygen atoms in total. The van der Waals surface area contributed by atoms with E-state index in [4.69, 9.17) is 10.5 Å². The van der Waals surface area contributed by atoms with E-state index in [1.807, 2.05) is 6.92 Å². The Morgan fingerprint density at radius 2 is 2.05 bits per heavy atom. The van der Waals surface area contributed by atoms with Crippen LogP contribution in [0.5, 0.6) is 5.75 Å². The Morgan fingerprint density at radius 1 is 1.35 bits per heavy atom. The number of nitrogens with zero attached hydrogens (tertiary/aromatic N) is 2. The lowest BCUT2D eigenvalue weighted by Gasteiger charge is -2.17. The monoisotopic (exact) mass is 281 g/mol. The summed E-state index contributed by atoms with van der Waals surface area (Å²) >= 11 is 0. The van der Waals surface area contributed by atoms with Gasteiger partial charge in [0.1, 0.15) is 17.3 Å². The van der Waals surface area contributed by atoms with Crippen LogP contribution in [0.4, 0.5) is 8.78 Å². The molecule has 0 bridgehead atoms. The first-order valence-corrected chi connectivity index (χ1v) is 6.30. The Balaban J connectivity index is 2.53. The number of aromatic nitrogens is 2. The molecule has 108 valence electrons. The summed E-state index contributed by atoms with van der Waals surface area (Å²) in [7, 11) is 1.50. The Labute approximate surface area is 116 Å². The number of ether oxygens (including phenoxy) is 1. The third kappa shape index (κ3) is 2.38. The molecule has 2 N–H and O–H groups in total. The van der Waals surface area contributed by atoms with Crippen LogP contribution in [0.25, 0.3) is 0 Å². The second-order valence-corrected chi connectivity index (χ2v) is 4.51. The number of hydrogen-bond donors (Lipinski definition) is 1. The Hall–Kier alpha value is -1.95. The first-order valence-electron chi connectivity index (χ1n) is 6.30. The quantitative estimate of drug-likeness (QED) is 0.937. The van der Waals surface area contributed by atoms with E-state index in [2.05, 4.69) is 5.10 Å². The van der Waals surface area contributed by atoms with Gasteiger partial charge >= 0.3 is 0 Å². The van der Waals surface area contributed by atoms with E-state index in [1.165, 1.54) is 19.4 Å². The normalized spacial score (nSPS) is 12.5. The molecule has 1 aromatic heterocycles. The molecular weight excluding hydrogens is 264 g/mol. The molecule has 0 saturated heterocycles. The molecule has 1 atom stereocenters. The third-order valence-electron chi connectivity index (χ3n) is 3.27. The summed E-state index contributed by atoms with van der Waals surface area (Å²) in [6.07, 6.45) is 1.53. The molecule has 0 amide bonds. The van der Waals surface area contributed by atoms with Crippen LogP contribution in [0.3, 0.4) is 0 Å². The summed E-state index contributed by atoms with van der Waals surface area (Å²) in [4.78, 5) is 0. The van der Waals surface area contributed by atoms with Crippen LogP contribution >= 0.6 is 0 Å². The fraction of sp³-hybridized carbons (Fsp3) is 0.357. The van der Waals surface area contributed by atoms with E-state index in [-0.39, 0.29) is 5.56 Å². The van der Waals surface area contributed by atoms with E-state index in [0.29, 0.717) is 23.6 Å². The van der Waals surface area contributed by atoms with E-state index in [9.17, 15) is 8.78 Å². The molecule has 2 aromatic rings. The van der Waals surface area contributed by atoms with Gasteiger partial charge in [-0.3, -0.25) is 4.68 Å². The minimum atomic E-state index is -0.772. The van der Waals surface area contributed by atoms with Crippen molar-refractivity contribution in [2.24, 2.45) is 5.73 Å². The molecule has 0 fully saturated rings. The summed E-state index contributed by atoms with van der Waals surface area (Å²) in [5, 5.41) is 4.14. The van der Waals surface area contributed by atoms with Crippen molar-refractivity contribution in [3.8, 4) is 5.75 Å². The van der Waals surface area contributed by atoms with Gasteiger partial charge in [-0.05, 0) is 25.5 Å². The zero-order chi connectivity index (χ0) is 14.9. The summed E-state index contributed by atoms with van der Waals surface area (Å²) in [6.45, 7) is 4.04. The molecule has 0 radical (unpaired) electrons. The highest BCUT2D eigenvalue weighted by molar-refractivity contribution is 5.38. The molecule has 20 heavy (non-hydrogen) atoms. The summed E-state index contributed by atoms with van der Waals surface area (Å²) in [5.41, 5.74) is 7.26. The maximum Gasteiger partial charge on any atom is 0.161 e. The highest BCUT2D eigenvalue weighted by atomic mass is 19.1. The van der Waals surface area contributed by atoms with Crippen molar-refractivity contribution in [1.82, 2.24) is 9.78 Å². The van der Waals surface area contributed by atoms with Gasteiger partial charge in [0.2, 0.25) is 0 Å². The smallest absolute Gasteiger partial charge is 0.161 e. The zero-order valence-corrected chi connectivity index (χ0v) is 11.7. The van der Waals surface area contributed by atoms with Crippen LogP contribution in [0.2, 0.25) is 0 Å². The molecule has 0 aliphatic heterocycles. The van der Waals surface area contributed by atoms with Crippen molar-refractivity contribution in [2.45, 2.75) is 26.4 Å².